The Morgan fingerprint density at radius 3 is 1.03 bits per heavy atom. The van der Waals surface area contributed by atoms with Gasteiger partial charge in [-0.25, -0.2) is 9.59 Å². The average Bonchev–Trinajstić information content (AvgIpc) is 3.34. The molecule has 344 valence electrons. The number of carbonyl (C=O) groups is 2. The van der Waals surface area contributed by atoms with Crippen molar-refractivity contribution in [2.45, 2.75) is 129 Å². The zero-order valence-electron chi connectivity index (χ0n) is 39.3. The van der Waals surface area contributed by atoms with E-state index in [1.54, 1.807) is 0 Å². The van der Waals surface area contributed by atoms with E-state index in [4.69, 9.17) is 18.9 Å². The Bertz CT molecular complexity index is 2240. The first kappa shape index (κ1) is 47.8. The van der Waals surface area contributed by atoms with E-state index in [0.29, 0.717) is 48.3 Å². The van der Waals surface area contributed by atoms with Gasteiger partial charge in [-0.2, -0.15) is 0 Å². The van der Waals surface area contributed by atoms with E-state index in [1.165, 1.54) is 77.0 Å². The van der Waals surface area contributed by atoms with E-state index >= 15 is 0 Å². The van der Waals surface area contributed by atoms with Crippen molar-refractivity contribution in [2.24, 2.45) is 0 Å². The molecule has 6 aromatic carbocycles. The van der Waals surface area contributed by atoms with Gasteiger partial charge in [0.05, 0.1) is 24.3 Å². The maximum Gasteiger partial charge on any atom is 0.343 e. The maximum absolute atomic E-state index is 13.7. The van der Waals surface area contributed by atoms with Gasteiger partial charge >= 0.3 is 11.9 Å². The first-order valence-corrected chi connectivity index (χ1v) is 24.8. The Balaban J connectivity index is 0.898. The lowest BCUT2D eigenvalue weighted by atomic mass is 9.91. The molecule has 4 aliphatic rings. The number of aryl methyl sites for hydroxylation is 4. The highest BCUT2D eigenvalue weighted by atomic mass is 16.5. The molecule has 0 unspecified atom stereocenters. The Kier molecular flexibility index (Phi) is 18.5. The first-order chi connectivity index (χ1) is 32.4. The van der Waals surface area contributed by atoms with E-state index in [1.807, 2.05) is 97.1 Å². The normalized spacial score (nSPS) is 12.0. The molecule has 0 saturated carbocycles. The molecule has 6 heteroatoms. The number of hydrogen-bond acceptors (Lipinski definition) is 6. The Morgan fingerprint density at radius 2 is 0.682 bits per heavy atom. The predicted molar refractivity (Wildman–Crippen MR) is 268 cm³/mol. The molecule has 4 aliphatic carbocycles. The molecule has 0 heterocycles. The lowest BCUT2D eigenvalue weighted by molar-refractivity contribution is 0.0724. The Labute approximate surface area is 393 Å². The summed E-state index contributed by atoms with van der Waals surface area (Å²) in [5.41, 5.74) is 9.19. The number of unbranched alkanes of at least 4 members (excludes halogenated alkanes) is 12. The molecule has 10 rings (SSSR count). The van der Waals surface area contributed by atoms with Crippen LogP contribution in [0.1, 0.15) is 147 Å². The summed E-state index contributed by atoms with van der Waals surface area (Å²) in [6.07, 6.45) is 20.2. The zero-order valence-corrected chi connectivity index (χ0v) is 39.3. The molecule has 0 fully saturated rings. The second kappa shape index (κ2) is 25.5. The predicted octanol–water partition coefficient (Wildman–Crippen LogP) is 15.6. The number of ether oxygens (including phenoxy) is 4. The lowest BCUT2D eigenvalue weighted by Crippen LogP contribution is -2.15. The summed E-state index contributed by atoms with van der Waals surface area (Å²) in [7, 11) is 0. The smallest absolute Gasteiger partial charge is 0.343 e. The molecule has 4 bridgehead atoms. The molecule has 0 atom stereocenters. The van der Waals surface area contributed by atoms with Crippen LogP contribution in [0.25, 0.3) is 22.3 Å². The van der Waals surface area contributed by atoms with Crippen molar-refractivity contribution in [3.63, 3.8) is 0 Å². The molecule has 0 amide bonds. The van der Waals surface area contributed by atoms with Gasteiger partial charge in [-0.15, -0.1) is 0 Å². The summed E-state index contributed by atoms with van der Waals surface area (Å²) >= 11 is 0. The highest BCUT2D eigenvalue weighted by Gasteiger charge is 2.20. The number of carbonyl (C=O) groups excluding carboxylic acids is 2. The zero-order chi connectivity index (χ0) is 45.8. The van der Waals surface area contributed by atoms with Crippen LogP contribution in [-0.2, 0) is 25.7 Å². The highest BCUT2D eigenvalue weighted by molar-refractivity contribution is 5.94. The van der Waals surface area contributed by atoms with Gasteiger partial charge in [0.15, 0.2) is 0 Å². The van der Waals surface area contributed by atoms with Crippen molar-refractivity contribution in [1.29, 1.82) is 0 Å². The fourth-order valence-corrected chi connectivity index (χ4v) is 8.67. The molecule has 6 aromatic rings. The van der Waals surface area contributed by atoms with Gasteiger partial charge in [0, 0.05) is 0 Å². The molecule has 6 nitrogen and oxygen atoms in total. The summed E-state index contributed by atoms with van der Waals surface area (Å²) in [6.45, 7) is 5.98. The standard InChI is InChI=1S/C60H68O6/c1-3-5-7-9-11-13-15-41-63-53-33-25-47(26-34-53)49-29-37-55(38-30-49)65-59(61)57-43-45-17-21-51(57)23-19-46-18-22-52(24-20-45)58(44-46)60(62)66-56-39-31-50(32-40-56)48-27-35-54(36-28-48)64-42-16-14-12-10-8-6-4-2/h17-18,21-22,25-40,43-44H,3-16,19-20,23-24,41-42H2,1-2H3. The third-order valence-electron chi connectivity index (χ3n) is 12.7. The van der Waals surface area contributed by atoms with E-state index in [0.717, 1.165) is 82.1 Å². The minimum atomic E-state index is -0.372. The first-order valence-electron chi connectivity index (χ1n) is 24.8. The third kappa shape index (κ3) is 14.4. The fourth-order valence-electron chi connectivity index (χ4n) is 8.67. The topological polar surface area (TPSA) is 71.1 Å². The van der Waals surface area contributed by atoms with Gasteiger partial charge in [0.1, 0.15) is 23.0 Å². The molecular formula is C60H68O6. The number of esters is 2. The number of hydrogen-bond donors (Lipinski definition) is 0. The van der Waals surface area contributed by atoms with Crippen LogP contribution in [0.4, 0.5) is 0 Å². The van der Waals surface area contributed by atoms with Crippen LogP contribution in [-0.4, -0.2) is 25.2 Å². The fraction of sp³-hybridized carbons (Fsp3) is 0.367. The van der Waals surface area contributed by atoms with Gasteiger partial charge in [0.2, 0.25) is 0 Å². The molecule has 0 saturated heterocycles. The molecule has 0 N–H and O–H groups in total. The monoisotopic (exact) mass is 885 g/mol. The molecule has 0 radical (unpaired) electrons. The van der Waals surface area contributed by atoms with Crippen LogP contribution < -0.4 is 18.9 Å². The second-order valence-corrected chi connectivity index (χ2v) is 17.8. The summed E-state index contributed by atoms with van der Waals surface area (Å²) in [6, 6.07) is 43.8. The van der Waals surface area contributed by atoms with Crippen molar-refractivity contribution in [1.82, 2.24) is 0 Å². The van der Waals surface area contributed by atoms with Gasteiger partial charge in [-0.1, -0.05) is 164 Å². The van der Waals surface area contributed by atoms with Crippen molar-refractivity contribution in [3.8, 4) is 45.3 Å². The van der Waals surface area contributed by atoms with Gasteiger partial charge < -0.3 is 18.9 Å². The molecule has 0 aliphatic heterocycles. The summed E-state index contributed by atoms with van der Waals surface area (Å²) in [4.78, 5) is 27.5. The van der Waals surface area contributed by atoms with Crippen LogP contribution in [0.5, 0.6) is 23.0 Å². The molecule has 0 aromatic heterocycles. The minimum absolute atomic E-state index is 0.372. The molecular weight excluding hydrogens is 817 g/mol. The maximum atomic E-state index is 13.7. The average molecular weight is 885 g/mol. The lowest BCUT2D eigenvalue weighted by Gasteiger charge is -2.16. The third-order valence-corrected chi connectivity index (χ3v) is 12.7. The summed E-state index contributed by atoms with van der Waals surface area (Å²) in [5.74, 6) is 2.02. The van der Waals surface area contributed by atoms with Crippen LogP contribution in [0.2, 0.25) is 0 Å². The van der Waals surface area contributed by atoms with E-state index in [2.05, 4.69) is 50.2 Å². The van der Waals surface area contributed by atoms with Crippen molar-refractivity contribution in [2.75, 3.05) is 13.2 Å². The highest BCUT2D eigenvalue weighted by Crippen LogP contribution is 2.29. The molecule has 66 heavy (non-hydrogen) atoms. The number of rotatable bonds is 24. The van der Waals surface area contributed by atoms with Gasteiger partial charge in [0.25, 0.3) is 0 Å². The van der Waals surface area contributed by atoms with E-state index in [9.17, 15) is 9.59 Å². The molecule has 0 spiro atoms. The second-order valence-electron chi connectivity index (χ2n) is 17.8. The Hall–Kier alpha value is -6.14. The largest absolute Gasteiger partial charge is 0.494 e. The van der Waals surface area contributed by atoms with Crippen molar-refractivity contribution in [3.05, 3.63) is 167 Å². The SMILES string of the molecule is CCCCCCCCCOc1ccc(-c2ccc(OC(=O)c3cc4ccc3CCc3ccc(c(C(=O)Oc5ccc(-c6ccc(OCCCCCCCCC)cc6)cc5)c3)CC4)cc2)cc1. The summed E-state index contributed by atoms with van der Waals surface area (Å²) in [5, 5.41) is 0. The number of benzene rings is 6. The van der Waals surface area contributed by atoms with E-state index < -0.39 is 0 Å². The van der Waals surface area contributed by atoms with Crippen LogP contribution in [0.3, 0.4) is 0 Å². The summed E-state index contributed by atoms with van der Waals surface area (Å²) < 4.78 is 23.9. The van der Waals surface area contributed by atoms with Crippen LogP contribution in [0, 0.1) is 0 Å². The van der Waals surface area contributed by atoms with Crippen molar-refractivity contribution >= 4 is 11.9 Å². The minimum Gasteiger partial charge on any atom is -0.494 e. The Morgan fingerprint density at radius 1 is 0.364 bits per heavy atom. The quantitative estimate of drug-likeness (QED) is 0.0343. The van der Waals surface area contributed by atoms with Gasteiger partial charge in [-0.05, 0) is 144 Å². The van der Waals surface area contributed by atoms with E-state index in [-0.39, 0.29) is 11.9 Å². The van der Waals surface area contributed by atoms with Crippen LogP contribution in [0.15, 0.2) is 133 Å². The van der Waals surface area contributed by atoms with Crippen LogP contribution >= 0.6 is 0 Å². The van der Waals surface area contributed by atoms with Crippen molar-refractivity contribution < 1.29 is 28.5 Å². The van der Waals surface area contributed by atoms with Gasteiger partial charge in [-0.3, -0.25) is 0 Å².